The molecule has 2 aromatic carbocycles. The maximum Gasteiger partial charge on any atom is 0.322 e. The zero-order valence-electron chi connectivity index (χ0n) is 18.3. The van der Waals surface area contributed by atoms with Crippen LogP contribution in [0.5, 0.6) is 5.75 Å². The van der Waals surface area contributed by atoms with Crippen molar-refractivity contribution in [3.63, 3.8) is 0 Å². The first-order chi connectivity index (χ1) is 14.8. The van der Waals surface area contributed by atoms with Crippen molar-refractivity contribution < 1.29 is 19.8 Å². The van der Waals surface area contributed by atoms with E-state index in [1.165, 1.54) is 0 Å². The first kappa shape index (κ1) is 22.8. The number of piperidine rings is 1. The predicted molar refractivity (Wildman–Crippen MR) is 120 cm³/mol. The second kappa shape index (κ2) is 9.96. The summed E-state index contributed by atoms with van der Waals surface area (Å²) in [6, 6.07) is 17.3. The average Bonchev–Trinajstić information content (AvgIpc) is 2.75. The normalized spacial score (nSPS) is 22.6. The fourth-order valence-electron chi connectivity index (χ4n) is 4.53. The van der Waals surface area contributed by atoms with Gasteiger partial charge in [0.15, 0.2) is 0 Å². The highest BCUT2D eigenvalue weighted by Crippen LogP contribution is 2.40. The Kier molecular flexibility index (Phi) is 7.33. The number of benzene rings is 2. The highest BCUT2D eigenvalue weighted by atomic mass is 16.4. The quantitative estimate of drug-likeness (QED) is 0.606. The Morgan fingerprint density at radius 1 is 1.19 bits per heavy atom. The minimum absolute atomic E-state index is 0.0459. The van der Waals surface area contributed by atoms with E-state index in [1.807, 2.05) is 42.5 Å². The Labute approximate surface area is 183 Å². The van der Waals surface area contributed by atoms with Crippen molar-refractivity contribution in [2.24, 2.45) is 11.8 Å². The molecule has 3 atom stereocenters. The summed E-state index contributed by atoms with van der Waals surface area (Å²) in [5.74, 6) is -0.964. The molecule has 6 heteroatoms. The third-order valence-electron chi connectivity index (χ3n) is 6.66. The van der Waals surface area contributed by atoms with Gasteiger partial charge in [-0.25, -0.2) is 0 Å². The molecule has 1 amide bonds. The third-order valence-corrected chi connectivity index (χ3v) is 6.66. The third kappa shape index (κ3) is 5.85. The van der Waals surface area contributed by atoms with Gasteiger partial charge in [-0.15, -0.1) is 0 Å². The molecule has 6 nitrogen and oxygen atoms in total. The zero-order valence-corrected chi connectivity index (χ0v) is 18.3. The van der Waals surface area contributed by atoms with Crippen molar-refractivity contribution in [2.75, 3.05) is 26.2 Å². The fraction of sp³-hybridized carbons (Fsp3) is 0.440. The van der Waals surface area contributed by atoms with E-state index < -0.39 is 5.97 Å². The molecule has 0 bridgehead atoms. The van der Waals surface area contributed by atoms with E-state index in [1.54, 1.807) is 6.07 Å². The fourth-order valence-corrected chi connectivity index (χ4v) is 4.53. The number of nitrogens with one attached hydrogen (secondary N) is 1. The number of nitrogens with zero attached hydrogens (tertiary/aromatic N) is 1. The van der Waals surface area contributed by atoms with Gasteiger partial charge >= 0.3 is 5.97 Å². The summed E-state index contributed by atoms with van der Waals surface area (Å²) >= 11 is 0. The van der Waals surface area contributed by atoms with Crippen molar-refractivity contribution >= 4 is 11.9 Å². The monoisotopic (exact) mass is 424 g/mol. The summed E-state index contributed by atoms with van der Waals surface area (Å²) in [6.45, 7) is 6.35. The summed E-state index contributed by atoms with van der Waals surface area (Å²) in [4.78, 5) is 26.0. The number of phenolic OH excluding ortho intramolecular Hbond substituents is 1. The van der Waals surface area contributed by atoms with Gasteiger partial charge in [-0.1, -0.05) is 56.3 Å². The molecule has 1 saturated heterocycles. The lowest BCUT2D eigenvalue weighted by molar-refractivity contribution is -0.138. The van der Waals surface area contributed by atoms with Gasteiger partial charge in [0.25, 0.3) is 0 Å². The molecule has 1 heterocycles. The predicted octanol–water partition coefficient (Wildman–Crippen LogP) is 3.05. The maximum absolute atomic E-state index is 12.8. The number of carbonyl (C=O) groups is 2. The highest BCUT2D eigenvalue weighted by molar-refractivity contribution is 5.83. The van der Waals surface area contributed by atoms with Gasteiger partial charge in [-0.05, 0) is 54.0 Å². The van der Waals surface area contributed by atoms with E-state index in [2.05, 4.69) is 30.1 Å². The maximum atomic E-state index is 12.8. The number of likely N-dealkylation sites (tertiary alicyclic amines) is 1. The summed E-state index contributed by atoms with van der Waals surface area (Å²) in [6.07, 6.45) is 1.49. The van der Waals surface area contributed by atoms with Crippen LogP contribution >= 0.6 is 0 Å². The lowest BCUT2D eigenvalue weighted by Crippen LogP contribution is -2.50. The lowest BCUT2D eigenvalue weighted by Gasteiger charge is -2.45. The standard InChI is InChI=1S/C25H32N2O4/c1-18-16-27(12-11-25(18,2)21-9-6-10-22(28)14-21)17-20(24(31)26-15-23(29)30)13-19-7-4-3-5-8-19/h3-10,14,18,20,28H,11-13,15-17H2,1-2H3,(H,26,31)(H,29,30)/t18-,20+,25+/m0/s1. The van der Waals surface area contributed by atoms with Crippen LogP contribution in [-0.4, -0.2) is 53.2 Å². The zero-order chi connectivity index (χ0) is 22.4. The number of phenols is 1. The number of hydrogen-bond donors (Lipinski definition) is 3. The number of amides is 1. The topological polar surface area (TPSA) is 89.9 Å². The van der Waals surface area contributed by atoms with Crippen molar-refractivity contribution in [3.05, 3.63) is 65.7 Å². The Morgan fingerprint density at radius 2 is 1.94 bits per heavy atom. The van der Waals surface area contributed by atoms with Crippen molar-refractivity contribution in [2.45, 2.75) is 32.1 Å². The van der Waals surface area contributed by atoms with Crippen LogP contribution in [0.2, 0.25) is 0 Å². The molecule has 3 rings (SSSR count). The van der Waals surface area contributed by atoms with E-state index in [0.717, 1.165) is 30.6 Å². The van der Waals surface area contributed by atoms with Crippen LogP contribution in [0, 0.1) is 11.8 Å². The molecule has 3 N–H and O–H groups in total. The molecule has 0 aliphatic carbocycles. The molecule has 2 aromatic rings. The summed E-state index contributed by atoms with van der Waals surface area (Å²) in [7, 11) is 0. The van der Waals surface area contributed by atoms with Crippen molar-refractivity contribution in [1.82, 2.24) is 10.2 Å². The number of aliphatic carboxylic acids is 1. The van der Waals surface area contributed by atoms with Gasteiger partial charge in [0.2, 0.25) is 5.91 Å². The van der Waals surface area contributed by atoms with Crippen LogP contribution in [0.4, 0.5) is 0 Å². The molecular formula is C25H32N2O4. The summed E-state index contributed by atoms with van der Waals surface area (Å²) < 4.78 is 0. The number of carboxylic acid groups (broad SMARTS) is 1. The van der Waals surface area contributed by atoms with Crippen molar-refractivity contribution in [3.8, 4) is 5.75 Å². The van der Waals surface area contributed by atoms with Crippen LogP contribution in [-0.2, 0) is 21.4 Å². The van der Waals surface area contributed by atoms with E-state index in [0.29, 0.717) is 18.9 Å². The second-order valence-corrected chi connectivity index (χ2v) is 8.88. The largest absolute Gasteiger partial charge is 0.508 e. The van der Waals surface area contributed by atoms with E-state index >= 15 is 0 Å². The van der Waals surface area contributed by atoms with Gasteiger partial charge in [0, 0.05) is 13.1 Å². The molecule has 0 saturated carbocycles. The number of aromatic hydroxyl groups is 1. The summed E-state index contributed by atoms with van der Waals surface area (Å²) in [5, 5.41) is 21.4. The van der Waals surface area contributed by atoms with Gasteiger partial charge in [-0.2, -0.15) is 0 Å². The van der Waals surface area contributed by atoms with Gasteiger partial charge in [-0.3, -0.25) is 9.59 Å². The number of carbonyl (C=O) groups excluding carboxylic acids is 1. The van der Waals surface area contributed by atoms with Crippen LogP contribution < -0.4 is 5.32 Å². The number of carboxylic acids is 1. The Morgan fingerprint density at radius 3 is 2.58 bits per heavy atom. The number of rotatable bonds is 8. The van der Waals surface area contributed by atoms with Crippen molar-refractivity contribution in [1.29, 1.82) is 0 Å². The van der Waals surface area contributed by atoms with Crippen LogP contribution in [0.25, 0.3) is 0 Å². The Hall–Kier alpha value is -2.86. The Bertz CT molecular complexity index is 901. The minimum atomic E-state index is -1.04. The molecule has 166 valence electrons. The second-order valence-electron chi connectivity index (χ2n) is 8.88. The van der Waals surface area contributed by atoms with Crippen LogP contribution in [0.1, 0.15) is 31.4 Å². The van der Waals surface area contributed by atoms with Crippen LogP contribution in [0.15, 0.2) is 54.6 Å². The Balaban J connectivity index is 1.69. The highest BCUT2D eigenvalue weighted by Gasteiger charge is 2.39. The molecule has 1 fully saturated rings. The van der Waals surface area contributed by atoms with Gasteiger partial charge in [0.05, 0.1) is 5.92 Å². The molecule has 0 unspecified atom stereocenters. The average molecular weight is 425 g/mol. The van der Waals surface area contributed by atoms with Crippen LogP contribution in [0.3, 0.4) is 0 Å². The van der Waals surface area contributed by atoms with Gasteiger partial charge in [0.1, 0.15) is 12.3 Å². The molecular weight excluding hydrogens is 392 g/mol. The minimum Gasteiger partial charge on any atom is -0.508 e. The lowest BCUT2D eigenvalue weighted by atomic mass is 9.68. The first-order valence-electron chi connectivity index (χ1n) is 10.8. The SMILES string of the molecule is C[C@H]1CN(C[C@@H](Cc2ccccc2)C(=O)NCC(=O)O)CC[C@@]1(C)c1cccc(O)c1. The molecule has 1 aliphatic heterocycles. The molecule has 0 aromatic heterocycles. The van der Waals surface area contributed by atoms with Gasteiger partial charge < -0.3 is 20.4 Å². The molecule has 1 aliphatic rings. The summed E-state index contributed by atoms with van der Waals surface area (Å²) in [5.41, 5.74) is 2.16. The van der Waals surface area contributed by atoms with E-state index in [4.69, 9.17) is 5.11 Å². The molecule has 31 heavy (non-hydrogen) atoms. The molecule has 0 radical (unpaired) electrons. The smallest absolute Gasteiger partial charge is 0.322 e. The molecule has 0 spiro atoms. The number of hydrogen-bond acceptors (Lipinski definition) is 4. The first-order valence-corrected chi connectivity index (χ1v) is 10.8. The van der Waals surface area contributed by atoms with E-state index in [-0.39, 0.29) is 29.5 Å². The van der Waals surface area contributed by atoms with E-state index in [9.17, 15) is 14.7 Å².